The molecular weight excluding hydrogens is 497 g/mol. The molecule has 1 N–H and O–H groups in total. The molecule has 37 heavy (non-hydrogen) atoms. The fraction of sp³-hybridized carbons (Fsp3) is 0.222. The number of halogens is 1. The molecule has 0 bridgehead atoms. The average Bonchev–Trinajstić information content (AvgIpc) is 3.31. The molecule has 0 aliphatic heterocycles. The van der Waals surface area contributed by atoms with Gasteiger partial charge < -0.3 is 9.84 Å². The maximum Gasteiger partial charge on any atom is 0.296 e. The molecule has 1 atom stereocenters. The summed E-state index contributed by atoms with van der Waals surface area (Å²) < 4.78 is 47.2. The minimum Gasteiger partial charge on any atom is -0.493 e. The number of pyridine rings is 1. The molecule has 1 aliphatic carbocycles. The number of fused-ring (bicyclic) bond motifs is 1. The number of hydrogen-bond acceptors (Lipinski definition) is 7. The largest absolute Gasteiger partial charge is 0.493 e. The van der Waals surface area contributed by atoms with Gasteiger partial charge in [-0.2, -0.15) is 9.37 Å². The standard InChI is InChI=1S/C27H24FN3O5S/c1-2-36-16-24-30-26(32)25(27(33)31(24)22-13-9-18-5-3-4-6-21(18)22)37(34,35)20-11-7-17(8-12-20)19-10-14-23(28)29-15-19/h3-8,10-12,14-15,22,33H,2,9,13,16H2,1H3/t22-/m0/s1. The van der Waals surface area contributed by atoms with Crippen LogP contribution in [0.1, 0.15) is 36.3 Å². The van der Waals surface area contributed by atoms with Crippen LogP contribution in [0.15, 0.2) is 81.4 Å². The lowest BCUT2D eigenvalue weighted by atomic mass is 10.1. The van der Waals surface area contributed by atoms with Crippen LogP contribution in [0.2, 0.25) is 0 Å². The van der Waals surface area contributed by atoms with E-state index >= 15 is 0 Å². The van der Waals surface area contributed by atoms with Gasteiger partial charge in [0.1, 0.15) is 12.4 Å². The van der Waals surface area contributed by atoms with Crippen molar-refractivity contribution in [3.63, 3.8) is 0 Å². The van der Waals surface area contributed by atoms with Crippen LogP contribution in [0.3, 0.4) is 0 Å². The second kappa shape index (κ2) is 9.87. The highest BCUT2D eigenvalue weighted by Gasteiger charge is 2.34. The predicted molar refractivity (Wildman–Crippen MR) is 133 cm³/mol. The van der Waals surface area contributed by atoms with Crippen LogP contribution < -0.4 is 5.56 Å². The second-order valence-electron chi connectivity index (χ2n) is 8.64. The highest BCUT2D eigenvalue weighted by atomic mass is 32.2. The number of aromatic hydroxyl groups is 1. The number of rotatable bonds is 7. The van der Waals surface area contributed by atoms with Gasteiger partial charge in [-0.05, 0) is 60.7 Å². The minimum absolute atomic E-state index is 0.0568. The van der Waals surface area contributed by atoms with Crippen molar-refractivity contribution in [1.29, 1.82) is 0 Å². The van der Waals surface area contributed by atoms with E-state index in [4.69, 9.17) is 4.74 Å². The van der Waals surface area contributed by atoms with Crippen LogP contribution in [-0.2, 0) is 27.6 Å². The summed E-state index contributed by atoms with van der Waals surface area (Å²) in [5.74, 6) is -1.13. The van der Waals surface area contributed by atoms with Gasteiger partial charge in [-0.15, -0.1) is 0 Å². The minimum atomic E-state index is -4.43. The molecule has 4 aromatic rings. The highest BCUT2D eigenvalue weighted by Crippen LogP contribution is 2.39. The maximum atomic E-state index is 13.6. The fourth-order valence-corrected chi connectivity index (χ4v) is 6.05. The highest BCUT2D eigenvalue weighted by molar-refractivity contribution is 7.91. The Balaban J connectivity index is 1.61. The number of hydrogen-bond donors (Lipinski definition) is 1. The Kier molecular flexibility index (Phi) is 6.61. The van der Waals surface area contributed by atoms with Crippen LogP contribution in [0.25, 0.3) is 11.1 Å². The van der Waals surface area contributed by atoms with Crippen LogP contribution in [-0.4, -0.2) is 34.7 Å². The van der Waals surface area contributed by atoms with Crippen molar-refractivity contribution in [3.05, 3.63) is 100 Å². The fourth-order valence-electron chi connectivity index (χ4n) is 4.70. The number of ether oxygens (including phenoxy) is 1. The molecule has 0 amide bonds. The molecular formula is C27H24FN3O5S. The third-order valence-corrected chi connectivity index (χ3v) is 8.26. The predicted octanol–water partition coefficient (Wildman–Crippen LogP) is 4.05. The van der Waals surface area contributed by atoms with Gasteiger partial charge in [-0.3, -0.25) is 9.36 Å². The van der Waals surface area contributed by atoms with Crippen LogP contribution in [0.5, 0.6) is 5.88 Å². The first-order chi connectivity index (χ1) is 17.8. The third-order valence-electron chi connectivity index (χ3n) is 6.48. The molecule has 5 rings (SSSR count). The monoisotopic (exact) mass is 521 g/mol. The van der Waals surface area contributed by atoms with Crippen molar-refractivity contribution in [3.8, 4) is 17.0 Å². The SMILES string of the molecule is CCOCc1nc(=O)c(S(=O)(=O)c2ccc(-c3ccc(F)nc3)cc2)c(O)n1[C@H]1CCc2ccccc21. The molecule has 1 aliphatic rings. The van der Waals surface area contributed by atoms with Crippen LogP contribution in [0, 0.1) is 5.95 Å². The zero-order valence-electron chi connectivity index (χ0n) is 20.0. The Morgan fingerprint density at radius 2 is 1.81 bits per heavy atom. The molecule has 0 saturated carbocycles. The van der Waals surface area contributed by atoms with Gasteiger partial charge in [0.05, 0.1) is 10.9 Å². The van der Waals surface area contributed by atoms with E-state index in [-0.39, 0.29) is 17.3 Å². The van der Waals surface area contributed by atoms with E-state index in [0.717, 1.165) is 17.5 Å². The second-order valence-corrected chi connectivity index (χ2v) is 10.5. The number of sulfone groups is 1. The lowest BCUT2D eigenvalue weighted by Crippen LogP contribution is -2.27. The molecule has 0 radical (unpaired) electrons. The number of aromatic nitrogens is 3. The summed E-state index contributed by atoms with van der Waals surface area (Å²) in [4.78, 5) is 19.7. The van der Waals surface area contributed by atoms with Crippen LogP contribution in [0.4, 0.5) is 4.39 Å². The summed E-state index contributed by atoms with van der Waals surface area (Å²) in [6.07, 6.45) is 2.68. The lowest BCUT2D eigenvalue weighted by molar-refractivity contribution is 0.121. The van der Waals surface area contributed by atoms with E-state index in [1.165, 1.54) is 47.2 Å². The molecule has 0 spiro atoms. The third kappa shape index (κ3) is 4.54. The lowest BCUT2D eigenvalue weighted by Gasteiger charge is -2.23. The molecule has 0 saturated heterocycles. The van der Waals surface area contributed by atoms with Gasteiger partial charge >= 0.3 is 0 Å². The molecule has 190 valence electrons. The average molecular weight is 522 g/mol. The quantitative estimate of drug-likeness (QED) is 0.365. The first-order valence-corrected chi connectivity index (χ1v) is 13.3. The molecule has 2 aromatic carbocycles. The molecule has 2 heterocycles. The topological polar surface area (TPSA) is 111 Å². The van der Waals surface area contributed by atoms with Gasteiger partial charge in [0, 0.05) is 18.4 Å². The first-order valence-electron chi connectivity index (χ1n) is 11.8. The summed E-state index contributed by atoms with van der Waals surface area (Å²) in [5, 5.41) is 11.3. The van der Waals surface area contributed by atoms with Gasteiger partial charge in [-0.25, -0.2) is 13.4 Å². The number of nitrogens with zero attached hydrogens (tertiary/aromatic N) is 3. The molecule has 8 nitrogen and oxygen atoms in total. The summed E-state index contributed by atoms with van der Waals surface area (Å²) in [7, 11) is -4.43. The van der Waals surface area contributed by atoms with E-state index in [9.17, 15) is 22.7 Å². The normalized spacial score (nSPS) is 15.0. The first kappa shape index (κ1) is 24.8. The number of benzene rings is 2. The maximum absolute atomic E-state index is 13.6. The Labute approximate surface area is 213 Å². The van der Waals surface area contributed by atoms with E-state index < -0.39 is 38.2 Å². The smallest absolute Gasteiger partial charge is 0.296 e. The van der Waals surface area contributed by atoms with Crippen molar-refractivity contribution in [2.24, 2.45) is 0 Å². The molecule has 0 unspecified atom stereocenters. The Bertz CT molecular complexity index is 1620. The molecule has 0 fully saturated rings. The van der Waals surface area contributed by atoms with E-state index in [2.05, 4.69) is 9.97 Å². The Morgan fingerprint density at radius 1 is 1.08 bits per heavy atom. The van der Waals surface area contributed by atoms with Gasteiger partial charge in [-0.1, -0.05) is 36.4 Å². The van der Waals surface area contributed by atoms with Gasteiger partial charge in [0.25, 0.3) is 5.56 Å². The number of aryl methyl sites for hydroxylation is 1. The van der Waals surface area contributed by atoms with Crippen molar-refractivity contribution >= 4 is 9.84 Å². The summed E-state index contributed by atoms with van der Waals surface area (Å²) in [6, 6.07) is 15.8. The van der Waals surface area contributed by atoms with Crippen molar-refractivity contribution in [2.75, 3.05) is 6.61 Å². The summed E-state index contributed by atoms with van der Waals surface area (Å²) in [5.41, 5.74) is 2.17. The van der Waals surface area contributed by atoms with Crippen molar-refractivity contribution < 1.29 is 22.7 Å². The van der Waals surface area contributed by atoms with E-state index in [1.54, 1.807) is 6.92 Å². The van der Waals surface area contributed by atoms with Gasteiger partial charge in [0.15, 0.2) is 4.90 Å². The Morgan fingerprint density at radius 3 is 2.51 bits per heavy atom. The zero-order chi connectivity index (χ0) is 26.2. The van der Waals surface area contributed by atoms with Gasteiger partial charge in [0.2, 0.25) is 21.7 Å². The Hall–Kier alpha value is -3.89. The zero-order valence-corrected chi connectivity index (χ0v) is 20.8. The molecule has 2 aromatic heterocycles. The van der Waals surface area contributed by atoms with E-state index in [1.807, 2.05) is 24.3 Å². The van der Waals surface area contributed by atoms with Crippen molar-refractivity contribution in [1.82, 2.24) is 14.5 Å². The summed E-state index contributed by atoms with van der Waals surface area (Å²) >= 11 is 0. The van der Waals surface area contributed by atoms with Crippen LogP contribution >= 0.6 is 0 Å². The van der Waals surface area contributed by atoms with E-state index in [0.29, 0.717) is 24.2 Å². The molecule has 10 heteroatoms. The van der Waals surface area contributed by atoms with Crippen molar-refractivity contribution in [2.45, 2.75) is 42.2 Å². The summed E-state index contributed by atoms with van der Waals surface area (Å²) in [6.45, 7) is 2.09.